The number of esters is 1. The molecule has 6 nitrogen and oxygen atoms in total. The molecule has 0 spiro atoms. The van der Waals surface area contributed by atoms with E-state index in [4.69, 9.17) is 4.74 Å². The molecule has 9 heteroatoms. The number of aromatic nitrogens is 1. The zero-order valence-corrected chi connectivity index (χ0v) is 13.0. The second-order valence-electron chi connectivity index (χ2n) is 4.25. The molecule has 0 aromatic carbocycles. The second-order valence-corrected chi connectivity index (χ2v) is 7.20. The molecule has 1 aromatic heterocycles. The van der Waals surface area contributed by atoms with E-state index in [2.05, 4.69) is 4.98 Å². The lowest BCUT2D eigenvalue weighted by Gasteiger charge is -2.32. The number of halogens is 1. The highest BCUT2D eigenvalue weighted by Crippen LogP contribution is 2.25. The number of pyridine rings is 1. The van der Waals surface area contributed by atoms with Crippen LogP contribution in [0.25, 0.3) is 0 Å². The van der Waals surface area contributed by atoms with Crippen LogP contribution in [0.5, 0.6) is 0 Å². The van der Waals surface area contributed by atoms with E-state index in [1.54, 1.807) is 6.92 Å². The van der Waals surface area contributed by atoms with Crippen molar-refractivity contribution in [2.24, 2.45) is 0 Å². The summed E-state index contributed by atoms with van der Waals surface area (Å²) in [6.45, 7) is 1.92. The topological polar surface area (TPSA) is 76.6 Å². The third kappa shape index (κ3) is 3.35. The van der Waals surface area contributed by atoms with Gasteiger partial charge in [-0.05, 0) is 19.1 Å². The first kappa shape index (κ1) is 16.2. The molecule has 0 bridgehead atoms. The Labute approximate surface area is 126 Å². The van der Waals surface area contributed by atoms with Crippen molar-refractivity contribution in [2.75, 3.05) is 24.7 Å². The van der Waals surface area contributed by atoms with Gasteiger partial charge in [-0.15, -0.1) is 0 Å². The van der Waals surface area contributed by atoms with Crippen molar-refractivity contribution in [1.82, 2.24) is 9.29 Å². The van der Waals surface area contributed by atoms with Gasteiger partial charge in [0.05, 0.1) is 6.61 Å². The largest absolute Gasteiger partial charge is 0.465 e. The van der Waals surface area contributed by atoms with Gasteiger partial charge < -0.3 is 4.74 Å². The summed E-state index contributed by atoms with van der Waals surface area (Å²) < 4.78 is 44.7. The van der Waals surface area contributed by atoms with Crippen LogP contribution in [-0.4, -0.2) is 54.4 Å². The van der Waals surface area contributed by atoms with E-state index < -0.39 is 32.9 Å². The van der Waals surface area contributed by atoms with Crippen LogP contribution in [0.15, 0.2) is 23.4 Å². The zero-order chi connectivity index (χ0) is 15.5. The normalized spacial score (nSPS) is 20.2. The number of rotatable bonds is 4. The van der Waals surface area contributed by atoms with Crippen LogP contribution in [0.2, 0.25) is 0 Å². The van der Waals surface area contributed by atoms with Crippen molar-refractivity contribution in [3.8, 4) is 0 Å². The summed E-state index contributed by atoms with van der Waals surface area (Å²) in [5.41, 5.74) is 0. The Morgan fingerprint density at radius 1 is 1.62 bits per heavy atom. The minimum Gasteiger partial charge on any atom is -0.465 e. The molecule has 2 rings (SSSR count). The summed E-state index contributed by atoms with van der Waals surface area (Å²) in [6.07, 6.45) is 1.20. The van der Waals surface area contributed by atoms with Gasteiger partial charge in [0, 0.05) is 24.2 Å². The molecule has 1 aliphatic rings. The molecule has 1 aromatic rings. The van der Waals surface area contributed by atoms with Crippen LogP contribution in [0, 0.1) is 5.82 Å². The van der Waals surface area contributed by atoms with E-state index >= 15 is 0 Å². The van der Waals surface area contributed by atoms with E-state index in [1.807, 2.05) is 0 Å². The summed E-state index contributed by atoms with van der Waals surface area (Å²) in [4.78, 5) is 15.5. The molecule has 1 aliphatic heterocycles. The van der Waals surface area contributed by atoms with Crippen LogP contribution in [0.4, 0.5) is 4.39 Å². The average molecular weight is 334 g/mol. The van der Waals surface area contributed by atoms with Gasteiger partial charge in [-0.2, -0.15) is 16.1 Å². The minimum atomic E-state index is -4.17. The van der Waals surface area contributed by atoms with Gasteiger partial charge in [-0.3, -0.25) is 4.79 Å². The molecule has 0 amide bonds. The highest BCUT2D eigenvalue weighted by molar-refractivity contribution is 7.99. The fourth-order valence-electron chi connectivity index (χ4n) is 1.97. The molecule has 1 fully saturated rings. The standard InChI is InChI=1S/C12H15FN2O4S2/c1-2-19-12(16)10-8-20-7-6-15(10)21(17,18)11-9(13)4-3-5-14-11/h3-5,10H,2,6-8H2,1H3. The predicted molar refractivity (Wildman–Crippen MR) is 75.8 cm³/mol. The van der Waals surface area contributed by atoms with E-state index in [0.29, 0.717) is 5.75 Å². The lowest BCUT2D eigenvalue weighted by Crippen LogP contribution is -2.51. The molecule has 0 aliphatic carbocycles. The van der Waals surface area contributed by atoms with Gasteiger partial charge in [0.1, 0.15) is 6.04 Å². The van der Waals surface area contributed by atoms with Crippen LogP contribution in [-0.2, 0) is 19.6 Å². The maximum absolute atomic E-state index is 13.7. The molecule has 0 radical (unpaired) electrons. The fourth-order valence-corrected chi connectivity index (χ4v) is 4.77. The molecule has 116 valence electrons. The SMILES string of the molecule is CCOC(=O)C1CSCCN1S(=O)(=O)c1ncccc1F. The van der Waals surface area contributed by atoms with Gasteiger partial charge in [0.25, 0.3) is 10.0 Å². The number of sulfonamides is 1. The van der Waals surface area contributed by atoms with Gasteiger partial charge in [-0.25, -0.2) is 17.8 Å². The third-order valence-electron chi connectivity index (χ3n) is 2.92. The maximum atomic E-state index is 13.7. The quantitative estimate of drug-likeness (QED) is 0.761. The molecule has 1 saturated heterocycles. The molecular weight excluding hydrogens is 319 g/mol. The molecular formula is C12H15FN2O4S2. The van der Waals surface area contributed by atoms with Crippen LogP contribution >= 0.6 is 11.8 Å². The summed E-state index contributed by atoms with van der Waals surface area (Å²) in [5.74, 6) is -0.737. The van der Waals surface area contributed by atoms with Crippen molar-refractivity contribution in [1.29, 1.82) is 0 Å². The van der Waals surface area contributed by atoms with Crippen LogP contribution in [0.3, 0.4) is 0 Å². The van der Waals surface area contributed by atoms with Gasteiger partial charge >= 0.3 is 5.97 Å². The Kier molecular flexibility index (Phi) is 5.17. The maximum Gasteiger partial charge on any atom is 0.325 e. The summed E-state index contributed by atoms with van der Waals surface area (Å²) >= 11 is 1.46. The molecule has 1 atom stereocenters. The van der Waals surface area contributed by atoms with Gasteiger partial charge in [-0.1, -0.05) is 0 Å². The van der Waals surface area contributed by atoms with Crippen molar-refractivity contribution in [3.05, 3.63) is 24.1 Å². The number of ether oxygens (including phenoxy) is 1. The van der Waals surface area contributed by atoms with Crippen molar-refractivity contribution in [3.63, 3.8) is 0 Å². The smallest absolute Gasteiger partial charge is 0.325 e. The molecule has 0 N–H and O–H groups in total. The van der Waals surface area contributed by atoms with Gasteiger partial charge in [0.15, 0.2) is 5.82 Å². The molecule has 0 saturated carbocycles. The lowest BCUT2D eigenvalue weighted by molar-refractivity contribution is -0.147. The van der Waals surface area contributed by atoms with Crippen molar-refractivity contribution < 1.29 is 22.3 Å². The van der Waals surface area contributed by atoms with E-state index in [-0.39, 0.29) is 18.9 Å². The summed E-state index contributed by atoms with van der Waals surface area (Å²) in [5, 5.41) is -0.661. The molecule has 2 heterocycles. The highest BCUT2D eigenvalue weighted by Gasteiger charge is 2.40. The van der Waals surface area contributed by atoms with E-state index in [1.165, 1.54) is 24.0 Å². The average Bonchev–Trinajstić information content (AvgIpc) is 2.48. The Morgan fingerprint density at radius 2 is 2.38 bits per heavy atom. The van der Waals surface area contributed by atoms with Crippen LogP contribution in [0.1, 0.15) is 6.92 Å². The summed E-state index contributed by atoms with van der Waals surface area (Å²) in [6, 6.07) is 1.39. The Morgan fingerprint density at radius 3 is 3.05 bits per heavy atom. The highest BCUT2D eigenvalue weighted by atomic mass is 32.2. The first-order valence-electron chi connectivity index (χ1n) is 6.35. The van der Waals surface area contributed by atoms with E-state index in [9.17, 15) is 17.6 Å². The lowest BCUT2D eigenvalue weighted by atomic mass is 10.3. The van der Waals surface area contributed by atoms with E-state index in [0.717, 1.165) is 10.4 Å². The Bertz CT molecular complexity index is 623. The third-order valence-corrected chi connectivity index (χ3v) is 5.78. The number of carbonyl (C=O) groups is 1. The summed E-state index contributed by atoms with van der Waals surface area (Å²) in [7, 11) is -4.17. The first-order valence-corrected chi connectivity index (χ1v) is 8.94. The van der Waals surface area contributed by atoms with Crippen LogP contribution < -0.4 is 0 Å². The fraction of sp³-hybridized carbons (Fsp3) is 0.500. The number of hydrogen-bond acceptors (Lipinski definition) is 6. The number of carbonyl (C=O) groups excluding carboxylic acids is 1. The predicted octanol–water partition coefficient (Wildman–Crippen LogP) is 0.890. The Hall–Kier alpha value is -1.19. The number of hydrogen-bond donors (Lipinski definition) is 0. The number of thioether (sulfide) groups is 1. The van der Waals surface area contributed by atoms with Gasteiger partial charge in [0.2, 0.25) is 5.03 Å². The molecule has 1 unspecified atom stereocenters. The monoisotopic (exact) mass is 334 g/mol. The molecule has 21 heavy (non-hydrogen) atoms. The minimum absolute atomic E-state index is 0.118. The van der Waals surface area contributed by atoms with Crippen molar-refractivity contribution in [2.45, 2.75) is 18.0 Å². The second kappa shape index (κ2) is 6.71. The first-order chi connectivity index (χ1) is 9.98. The zero-order valence-electron chi connectivity index (χ0n) is 11.4. The van der Waals surface area contributed by atoms with Crippen molar-refractivity contribution >= 4 is 27.8 Å². The Balaban J connectivity index is 2.36. The number of nitrogens with zero attached hydrogens (tertiary/aromatic N) is 2.